The maximum atomic E-state index is 11.4. The predicted molar refractivity (Wildman–Crippen MR) is 61.3 cm³/mol. The highest BCUT2D eigenvalue weighted by Gasteiger charge is 2.27. The molecule has 1 aromatic heterocycles. The third-order valence-electron chi connectivity index (χ3n) is 2.73. The third kappa shape index (κ3) is 3.25. The van der Waals surface area contributed by atoms with Gasteiger partial charge in [-0.2, -0.15) is 0 Å². The van der Waals surface area contributed by atoms with Crippen molar-refractivity contribution >= 4 is 5.97 Å². The van der Waals surface area contributed by atoms with Crippen LogP contribution in [0.2, 0.25) is 0 Å². The maximum Gasteiger partial charge on any atom is 0.336 e. The zero-order valence-electron chi connectivity index (χ0n) is 9.83. The quantitative estimate of drug-likeness (QED) is 0.713. The van der Waals surface area contributed by atoms with Crippen LogP contribution >= 0.6 is 0 Å². The Morgan fingerprint density at radius 2 is 2.53 bits per heavy atom. The maximum absolute atomic E-state index is 11.4. The molecule has 17 heavy (non-hydrogen) atoms. The highest BCUT2D eigenvalue weighted by atomic mass is 16.6. The van der Waals surface area contributed by atoms with Crippen molar-refractivity contribution < 1.29 is 14.3 Å². The summed E-state index contributed by atoms with van der Waals surface area (Å²) in [7, 11) is 1.38. The largest absolute Gasteiger partial charge is 0.467 e. The number of pyridine rings is 1. The standard InChI is InChI=1S/C12H16N2O3/c1-16-12(15)11-9-14(6-7-17-11)8-10-4-2-3-5-13-10/h2-5,11H,6-9H2,1H3. The van der Waals surface area contributed by atoms with Crippen LogP contribution in [0.25, 0.3) is 0 Å². The van der Waals surface area contributed by atoms with Gasteiger partial charge in [-0.05, 0) is 12.1 Å². The van der Waals surface area contributed by atoms with Crippen LogP contribution in [0.1, 0.15) is 5.69 Å². The molecule has 0 aromatic carbocycles. The smallest absolute Gasteiger partial charge is 0.336 e. The SMILES string of the molecule is COC(=O)C1CN(Cc2ccccn2)CCO1. The zero-order chi connectivity index (χ0) is 12.1. The number of rotatable bonds is 3. The number of morpholine rings is 1. The Morgan fingerprint density at radius 1 is 1.65 bits per heavy atom. The number of hydrogen-bond acceptors (Lipinski definition) is 5. The van der Waals surface area contributed by atoms with E-state index in [9.17, 15) is 4.79 Å². The van der Waals surface area contributed by atoms with E-state index in [1.165, 1.54) is 7.11 Å². The summed E-state index contributed by atoms with van der Waals surface area (Å²) < 4.78 is 10.0. The van der Waals surface area contributed by atoms with Crippen molar-refractivity contribution in [1.29, 1.82) is 0 Å². The van der Waals surface area contributed by atoms with Crippen molar-refractivity contribution in [2.75, 3.05) is 26.8 Å². The number of aromatic nitrogens is 1. The molecule has 5 heteroatoms. The van der Waals surface area contributed by atoms with Crippen LogP contribution < -0.4 is 0 Å². The van der Waals surface area contributed by atoms with Gasteiger partial charge in [0, 0.05) is 25.8 Å². The van der Waals surface area contributed by atoms with Crippen molar-refractivity contribution in [2.24, 2.45) is 0 Å². The van der Waals surface area contributed by atoms with Crippen LogP contribution in [0.15, 0.2) is 24.4 Å². The van der Waals surface area contributed by atoms with Crippen LogP contribution in [-0.2, 0) is 20.8 Å². The Bertz CT molecular complexity index is 369. The number of nitrogens with zero attached hydrogens (tertiary/aromatic N) is 2. The Hall–Kier alpha value is -1.46. The van der Waals surface area contributed by atoms with Gasteiger partial charge in [-0.25, -0.2) is 4.79 Å². The van der Waals surface area contributed by atoms with Gasteiger partial charge in [-0.3, -0.25) is 9.88 Å². The zero-order valence-corrected chi connectivity index (χ0v) is 9.83. The first-order valence-corrected chi connectivity index (χ1v) is 5.61. The first kappa shape index (κ1) is 12.0. The van der Waals surface area contributed by atoms with Gasteiger partial charge in [-0.1, -0.05) is 6.07 Å². The van der Waals surface area contributed by atoms with Crippen molar-refractivity contribution in [3.63, 3.8) is 0 Å². The lowest BCUT2D eigenvalue weighted by molar-refractivity contribution is -0.160. The molecule has 5 nitrogen and oxygen atoms in total. The van der Waals surface area contributed by atoms with E-state index in [2.05, 4.69) is 14.6 Å². The highest BCUT2D eigenvalue weighted by molar-refractivity contribution is 5.74. The number of carbonyl (C=O) groups excluding carboxylic acids is 1. The van der Waals surface area contributed by atoms with Gasteiger partial charge in [0.05, 0.1) is 19.4 Å². The molecular formula is C12H16N2O3. The summed E-state index contributed by atoms with van der Waals surface area (Å²) in [6.07, 6.45) is 1.30. The van der Waals surface area contributed by atoms with E-state index in [-0.39, 0.29) is 5.97 Å². The van der Waals surface area contributed by atoms with Crippen LogP contribution in [0.3, 0.4) is 0 Å². The van der Waals surface area contributed by atoms with E-state index >= 15 is 0 Å². The Labute approximate surface area is 100 Å². The van der Waals surface area contributed by atoms with Gasteiger partial charge in [0.1, 0.15) is 0 Å². The van der Waals surface area contributed by atoms with E-state index in [1.54, 1.807) is 6.20 Å². The molecule has 0 N–H and O–H groups in total. The van der Waals surface area contributed by atoms with Crippen molar-refractivity contribution in [3.8, 4) is 0 Å². The summed E-state index contributed by atoms with van der Waals surface area (Å²) in [6.45, 7) is 2.65. The number of methoxy groups -OCH3 is 1. The van der Waals surface area contributed by atoms with Gasteiger partial charge in [0.25, 0.3) is 0 Å². The summed E-state index contributed by atoms with van der Waals surface area (Å²) in [5.74, 6) is -0.310. The molecule has 0 saturated carbocycles. The first-order chi connectivity index (χ1) is 8.29. The molecule has 0 aliphatic carbocycles. The number of ether oxygens (including phenoxy) is 2. The molecule has 0 spiro atoms. The minimum absolute atomic E-state index is 0.310. The van der Waals surface area contributed by atoms with Crippen LogP contribution in [-0.4, -0.2) is 48.8 Å². The fourth-order valence-corrected chi connectivity index (χ4v) is 1.84. The first-order valence-electron chi connectivity index (χ1n) is 5.61. The van der Waals surface area contributed by atoms with E-state index in [0.29, 0.717) is 13.2 Å². The van der Waals surface area contributed by atoms with Gasteiger partial charge < -0.3 is 9.47 Å². The number of esters is 1. The molecule has 2 heterocycles. The number of hydrogen-bond donors (Lipinski definition) is 0. The summed E-state index contributed by atoms with van der Waals surface area (Å²) in [6, 6.07) is 5.82. The Kier molecular flexibility index (Phi) is 4.06. The van der Waals surface area contributed by atoms with Crippen LogP contribution in [0, 0.1) is 0 Å². The minimum atomic E-state index is -0.475. The molecule has 92 valence electrons. The lowest BCUT2D eigenvalue weighted by atomic mass is 10.2. The Balaban J connectivity index is 1.92. The molecule has 1 aromatic rings. The average molecular weight is 236 g/mol. The normalized spacial score (nSPS) is 21.1. The van der Waals surface area contributed by atoms with Crippen molar-refractivity contribution in [2.45, 2.75) is 12.6 Å². The van der Waals surface area contributed by atoms with E-state index in [4.69, 9.17) is 4.74 Å². The topological polar surface area (TPSA) is 51.7 Å². The summed E-state index contributed by atoms with van der Waals surface area (Å²) in [5, 5.41) is 0. The molecule has 1 aliphatic rings. The molecule has 1 atom stereocenters. The monoisotopic (exact) mass is 236 g/mol. The third-order valence-corrected chi connectivity index (χ3v) is 2.73. The fourth-order valence-electron chi connectivity index (χ4n) is 1.84. The van der Waals surface area contributed by atoms with E-state index in [1.807, 2.05) is 18.2 Å². The second-order valence-corrected chi connectivity index (χ2v) is 3.94. The molecule has 1 saturated heterocycles. The van der Waals surface area contributed by atoms with Crippen LogP contribution in [0.4, 0.5) is 0 Å². The van der Waals surface area contributed by atoms with Gasteiger partial charge in [-0.15, -0.1) is 0 Å². The summed E-state index contributed by atoms with van der Waals surface area (Å²) in [4.78, 5) is 17.8. The summed E-state index contributed by atoms with van der Waals surface area (Å²) >= 11 is 0. The molecule has 1 aliphatic heterocycles. The lowest BCUT2D eigenvalue weighted by Gasteiger charge is -2.31. The van der Waals surface area contributed by atoms with E-state index < -0.39 is 6.10 Å². The minimum Gasteiger partial charge on any atom is -0.467 e. The average Bonchev–Trinajstić information content (AvgIpc) is 2.39. The summed E-state index contributed by atoms with van der Waals surface area (Å²) in [5.41, 5.74) is 0.998. The van der Waals surface area contributed by atoms with Gasteiger partial charge in [0.15, 0.2) is 6.10 Å². The van der Waals surface area contributed by atoms with Crippen molar-refractivity contribution in [3.05, 3.63) is 30.1 Å². The molecule has 1 fully saturated rings. The molecule has 1 unspecified atom stereocenters. The lowest BCUT2D eigenvalue weighted by Crippen LogP contribution is -2.46. The predicted octanol–water partition coefficient (Wildman–Crippen LogP) is 0.455. The van der Waals surface area contributed by atoms with Gasteiger partial charge in [0.2, 0.25) is 0 Å². The molecule has 2 rings (SSSR count). The molecular weight excluding hydrogens is 220 g/mol. The molecule has 0 amide bonds. The van der Waals surface area contributed by atoms with E-state index in [0.717, 1.165) is 18.8 Å². The van der Waals surface area contributed by atoms with Gasteiger partial charge >= 0.3 is 5.97 Å². The second kappa shape index (κ2) is 5.75. The van der Waals surface area contributed by atoms with Crippen molar-refractivity contribution in [1.82, 2.24) is 9.88 Å². The highest BCUT2D eigenvalue weighted by Crippen LogP contribution is 2.09. The fraction of sp³-hybridized carbons (Fsp3) is 0.500. The number of carbonyl (C=O) groups is 1. The molecule has 0 radical (unpaired) electrons. The van der Waals surface area contributed by atoms with Crippen LogP contribution in [0.5, 0.6) is 0 Å². The second-order valence-electron chi connectivity index (χ2n) is 3.94. The Morgan fingerprint density at radius 3 is 3.24 bits per heavy atom. The molecule has 0 bridgehead atoms.